The molecule has 4 aliphatic heterocycles. The van der Waals surface area contributed by atoms with Crippen molar-refractivity contribution < 1.29 is 0 Å². The lowest BCUT2D eigenvalue weighted by Crippen LogP contribution is -2.68. The van der Waals surface area contributed by atoms with Gasteiger partial charge in [0.15, 0.2) is 5.11 Å². The van der Waals surface area contributed by atoms with E-state index in [0.29, 0.717) is 11.5 Å². The van der Waals surface area contributed by atoms with E-state index >= 15 is 0 Å². The lowest BCUT2D eigenvalue weighted by atomic mass is 9.66. The van der Waals surface area contributed by atoms with Crippen LogP contribution in [0.4, 0.5) is 0 Å². The molecule has 0 radical (unpaired) electrons. The molecule has 4 heterocycles. The molecular formula is C13H24N4S. The van der Waals surface area contributed by atoms with Crippen LogP contribution in [0.25, 0.3) is 0 Å². The first-order valence-electron chi connectivity index (χ1n) is 7.10. The van der Waals surface area contributed by atoms with Gasteiger partial charge in [0, 0.05) is 63.7 Å². The van der Waals surface area contributed by atoms with Crippen LogP contribution in [0, 0.1) is 11.3 Å². The first kappa shape index (κ1) is 12.6. The summed E-state index contributed by atoms with van der Waals surface area (Å²) in [7, 11) is 1.91. The monoisotopic (exact) mass is 268 g/mol. The smallest absolute Gasteiger partial charge is 0.166 e. The van der Waals surface area contributed by atoms with E-state index in [0.717, 1.165) is 11.0 Å². The van der Waals surface area contributed by atoms with E-state index in [1.165, 1.54) is 45.7 Å². The normalized spacial score (nSPS) is 45.7. The number of nitrogens with one attached hydrogen (secondary N) is 2. The van der Waals surface area contributed by atoms with Crippen molar-refractivity contribution in [3.63, 3.8) is 0 Å². The minimum atomic E-state index is 0.387. The van der Waals surface area contributed by atoms with Gasteiger partial charge in [0.05, 0.1) is 0 Å². The lowest BCUT2D eigenvalue weighted by molar-refractivity contribution is -0.0271. The van der Waals surface area contributed by atoms with Crippen LogP contribution in [0.15, 0.2) is 0 Å². The Morgan fingerprint density at radius 2 is 1.89 bits per heavy atom. The molecule has 3 atom stereocenters. The van der Waals surface area contributed by atoms with E-state index in [9.17, 15) is 0 Å². The number of hydrogen-bond acceptors (Lipinski definition) is 3. The van der Waals surface area contributed by atoms with Gasteiger partial charge < -0.3 is 20.4 Å². The topological polar surface area (TPSA) is 30.5 Å². The predicted molar refractivity (Wildman–Crippen MR) is 77.7 cm³/mol. The first-order valence-corrected chi connectivity index (χ1v) is 7.50. The van der Waals surface area contributed by atoms with Crippen molar-refractivity contribution in [2.45, 2.75) is 19.4 Å². The van der Waals surface area contributed by atoms with E-state index in [1.807, 2.05) is 7.05 Å². The Bertz CT molecular complexity index is 330. The number of piperidine rings is 2. The molecule has 0 saturated carbocycles. The summed E-state index contributed by atoms with van der Waals surface area (Å²) in [6.45, 7) is 9.79. The highest BCUT2D eigenvalue weighted by molar-refractivity contribution is 7.80. The summed E-state index contributed by atoms with van der Waals surface area (Å²) in [5.41, 5.74) is 0.387. The van der Waals surface area contributed by atoms with Gasteiger partial charge in [-0.3, -0.25) is 0 Å². The maximum atomic E-state index is 5.34. The van der Waals surface area contributed by atoms with Crippen molar-refractivity contribution in [2.24, 2.45) is 11.3 Å². The summed E-state index contributed by atoms with van der Waals surface area (Å²) >= 11 is 5.34. The number of hydrogen-bond donors (Lipinski definition) is 2. The molecule has 0 amide bonds. The van der Waals surface area contributed by atoms with Crippen LogP contribution in [-0.2, 0) is 0 Å². The van der Waals surface area contributed by atoms with Crippen LogP contribution in [0.5, 0.6) is 0 Å². The third kappa shape index (κ3) is 1.92. The van der Waals surface area contributed by atoms with Crippen molar-refractivity contribution in [2.75, 3.05) is 46.3 Å². The van der Waals surface area contributed by atoms with Crippen LogP contribution in [0.3, 0.4) is 0 Å². The summed E-state index contributed by atoms with van der Waals surface area (Å²) in [5.74, 6) is 0.723. The second-order valence-corrected chi connectivity index (χ2v) is 6.56. The number of rotatable bonds is 2. The first-order chi connectivity index (χ1) is 8.66. The Morgan fingerprint density at radius 3 is 2.39 bits per heavy atom. The van der Waals surface area contributed by atoms with E-state index in [-0.39, 0.29) is 0 Å². The van der Waals surface area contributed by atoms with Crippen molar-refractivity contribution in [1.82, 2.24) is 20.4 Å². The Balaban J connectivity index is 1.87. The third-order valence-electron chi connectivity index (χ3n) is 5.14. The molecule has 2 unspecified atom stereocenters. The molecule has 4 rings (SSSR count). The van der Waals surface area contributed by atoms with Gasteiger partial charge in [-0.05, 0) is 18.6 Å². The fourth-order valence-electron chi connectivity index (χ4n) is 4.25. The summed E-state index contributed by atoms with van der Waals surface area (Å²) in [4.78, 5) is 5.34. The van der Waals surface area contributed by atoms with Crippen LogP contribution in [0.1, 0.15) is 13.3 Å². The second kappa shape index (κ2) is 4.62. The average molecular weight is 268 g/mol. The maximum Gasteiger partial charge on any atom is 0.166 e. The Morgan fingerprint density at radius 1 is 1.28 bits per heavy atom. The van der Waals surface area contributed by atoms with Crippen LogP contribution in [0.2, 0.25) is 0 Å². The number of nitrogens with zero attached hydrogens (tertiary/aromatic N) is 2. The standard InChI is InChI=1S/C13H24N4S/c1-3-13-8-16-4-5-17(9-13)7-10(6-16)11(13)15-12(18)14-2/h10-11H,3-9H2,1-2H3,(H2,14,15,18)/t10?,11-,13?/m0/s1. The minimum absolute atomic E-state index is 0.387. The highest BCUT2D eigenvalue weighted by Gasteiger charge is 2.53. The summed E-state index contributed by atoms with van der Waals surface area (Å²) < 4.78 is 0. The van der Waals surface area contributed by atoms with Crippen LogP contribution >= 0.6 is 12.2 Å². The molecular weight excluding hydrogens is 244 g/mol. The quantitative estimate of drug-likeness (QED) is 0.694. The van der Waals surface area contributed by atoms with E-state index in [1.54, 1.807) is 0 Å². The Hall–Kier alpha value is -0.390. The van der Waals surface area contributed by atoms with E-state index < -0.39 is 0 Å². The minimum Gasteiger partial charge on any atom is -0.366 e. The van der Waals surface area contributed by atoms with Gasteiger partial charge in [-0.25, -0.2) is 0 Å². The lowest BCUT2D eigenvalue weighted by Gasteiger charge is -2.55. The average Bonchev–Trinajstić information content (AvgIpc) is 2.61. The summed E-state index contributed by atoms with van der Waals surface area (Å²) in [5, 5.41) is 7.48. The van der Waals surface area contributed by atoms with Crippen molar-refractivity contribution in [3.05, 3.63) is 0 Å². The fraction of sp³-hybridized carbons (Fsp3) is 0.923. The Labute approximate surface area is 115 Å². The van der Waals surface area contributed by atoms with E-state index in [4.69, 9.17) is 12.2 Å². The molecule has 4 aliphatic rings. The molecule has 4 fully saturated rings. The maximum absolute atomic E-state index is 5.34. The van der Waals surface area contributed by atoms with Gasteiger partial charge in [-0.15, -0.1) is 0 Å². The van der Waals surface area contributed by atoms with Gasteiger partial charge >= 0.3 is 0 Å². The van der Waals surface area contributed by atoms with Crippen molar-refractivity contribution in [1.29, 1.82) is 0 Å². The predicted octanol–water partition coefficient (Wildman–Crippen LogP) is 0.106. The molecule has 4 bridgehead atoms. The van der Waals surface area contributed by atoms with Gasteiger partial charge in [0.1, 0.15) is 0 Å². The third-order valence-corrected chi connectivity index (χ3v) is 5.47. The van der Waals surface area contributed by atoms with Gasteiger partial charge in [-0.1, -0.05) is 6.92 Å². The molecule has 4 saturated heterocycles. The Kier molecular flexibility index (Phi) is 3.24. The van der Waals surface area contributed by atoms with Crippen molar-refractivity contribution >= 4 is 17.3 Å². The number of fused-ring (bicyclic) bond motifs is 1. The van der Waals surface area contributed by atoms with Gasteiger partial charge in [0.2, 0.25) is 0 Å². The highest BCUT2D eigenvalue weighted by atomic mass is 32.1. The van der Waals surface area contributed by atoms with Crippen LogP contribution < -0.4 is 10.6 Å². The van der Waals surface area contributed by atoms with Crippen LogP contribution in [-0.4, -0.2) is 67.3 Å². The largest absolute Gasteiger partial charge is 0.366 e. The van der Waals surface area contributed by atoms with Crippen molar-refractivity contribution in [3.8, 4) is 0 Å². The molecule has 0 aromatic heterocycles. The molecule has 0 aromatic carbocycles. The van der Waals surface area contributed by atoms with Gasteiger partial charge in [-0.2, -0.15) is 0 Å². The second-order valence-electron chi connectivity index (χ2n) is 6.15. The molecule has 0 aromatic rings. The summed E-state index contributed by atoms with van der Waals surface area (Å²) in [6.07, 6.45) is 1.24. The molecule has 4 nitrogen and oxygen atoms in total. The molecule has 18 heavy (non-hydrogen) atoms. The molecule has 102 valence electrons. The summed E-state index contributed by atoms with van der Waals surface area (Å²) in [6, 6.07) is 0.549. The zero-order valence-electron chi connectivity index (χ0n) is 11.4. The van der Waals surface area contributed by atoms with E-state index in [2.05, 4.69) is 27.4 Å². The number of thiocarbonyl (C=S) groups is 1. The SMILES string of the molecule is CCC12CN3CCN(CC(C3)[C@@H]1NC(=S)NC)C2. The molecule has 2 N–H and O–H groups in total. The zero-order chi connectivity index (χ0) is 12.8. The molecule has 0 aliphatic carbocycles. The zero-order valence-corrected chi connectivity index (χ0v) is 12.2. The van der Waals surface area contributed by atoms with Gasteiger partial charge in [0.25, 0.3) is 0 Å². The fourth-order valence-corrected chi connectivity index (χ4v) is 4.38. The molecule has 5 heteroatoms. The highest BCUT2D eigenvalue weighted by Crippen LogP contribution is 2.42. The molecule has 0 spiro atoms.